The molecule has 1 aliphatic rings. The molecule has 2 unspecified atom stereocenters. The van der Waals surface area contributed by atoms with Crippen LogP contribution in [0.1, 0.15) is 44.7 Å². The molecule has 1 fully saturated rings. The Bertz CT molecular complexity index is 363. The molecule has 1 aliphatic carbocycles. The molecular formula is C13H19ClN2O. The minimum absolute atomic E-state index is 0.267. The van der Waals surface area contributed by atoms with Gasteiger partial charge in [-0.3, -0.25) is 0 Å². The van der Waals surface area contributed by atoms with Crippen LogP contribution < -0.4 is 4.74 Å². The van der Waals surface area contributed by atoms with Gasteiger partial charge in [0.25, 0.3) is 0 Å². The van der Waals surface area contributed by atoms with E-state index in [1.165, 1.54) is 25.7 Å². The molecule has 1 saturated carbocycles. The lowest BCUT2D eigenvalue weighted by atomic mass is 9.85. The van der Waals surface area contributed by atoms with E-state index in [-0.39, 0.29) is 5.28 Å². The standard InChI is InChI=1S/C13H19ClN2O/c1-3-10-6-4-5-7-11(10)17-12-8-9(2)15-13(14)16-12/h8,10-11H,3-7H2,1-2H3. The summed E-state index contributed by atoms with van der Waals surface area (Å²) >= 11 is 5.84. The van der Waals surface area contributed by atoms with E-state index >= 15 is 0 Å². The second-order valence-electron chi connectivity index (χ2n) is 4.73. The molecule has 2 rings (SSSR count). The van der Waals surface area contributed by atoms with Crippen LogP contribution in [0.2, 0.25) is 5.28 Å². The molecule has 17 heavy (non-hydrogen) atoms. The van der Waals surface area contributed by atoms with E-state index in [1.807, 2.05) is 13.0 Å². The van der Waals surface area contributed by atoms with Gasteiger partial charge in [-0.15, -0.1) is 0 Å². The molecule has 0 radical (unpaired) electrons. The lowest BCUT2D eigenvalue weighted by molar-refractivity contribution is 0.0856. The quantitative estimate of drug-likeness (QED) is 0.770. The third-order valence-corrected chi connectivity index (χ3v) is 3.61. The Morgan fingerprint density at radius 2 is 2.12 bits per heavy atom. The molecule has 1 aromatic heterocycles. The van der Waals surface area contributed by atoms with Gasteiger partial charge in [-0.1, -0.05) is 13.3 Å². The molecule has 0 aliphatic heterocycles. The first kappa shape index (κ1) is 12.6. The van der Waals surface area contributed by atoms with E-state index in [2.05, 4.69) is 16.9 Å². The molecule has 2 atom stereocenters. The normalized spacial score (nSPS) is 24.6. The van der Waals surface area contributed by atoms with E-state index in [4.69, 9.17) is 16.3 Å². The molecule has 1 aromatic rings. The molecule has 0 aromatic carbocycles. The van der Waals surface area contributed by atoms with E-state index in [0.29, 0.717) is 17.9 Å². The molecule has 3 nitrogen and oxygen atoms in total. The van der Waals surface area contributed by atoms with Crippen LogP contribution in [0, 0.1) is 12.8 Å². The van der Waals surface area contributed by atoms with Crippen LogP contribution in [-0.4, -0.2) is 16.1 Å². The van der Waals surface area contributed by atoms with Crippen LogP contribution in [0.3, 0.4) is 0 Å². The van der Waals surface area contributed by atoms with Gasteiger partial charge in [0.1, 0.15) is 6.10 Å². The van der Waals surface area contributed by atoms with Crippen molar-refractivity contribution in [1.29, 1.82) is 0 Å². The van der Waals surface area contributed by atoms with Crippen LogP contribution in [0.5, 0.6) is 5.88 Å². The average molecular weight is 255 g/mol. The largest absolute Gasteiger partial charge is 0.474 e. The lowest BCUT2D eigenvalue weighted by Gasteiger charge is -2.30. The number of nitrogens with zero attached hydrogens (tertiary/aromatic N) is 2. The first-order chi connectivity index (χ1) is 8.19. The monoisotopic (exact) mass is 254 g/mol. The van der Waals surface area contributed by atoms with Gasteiger partial charge >= 0.3 is 0 Å². The van der Waals surface area contributed by atoms with Crippen molar-refractivity contribution < 1.29 is 4.74 Å². The molecule has 4 heteroatoms. The predicted octanol–water partition coefficient (Wildman–Crippen LogP) is 3.79. The average Bonchev–Trinajstić information content (AvgIpc) is 2.28. The Kier molecular flexibility index (Phi) is 4.21. The Hall–Kier alpha value is -0.830. The Balaban J connectivity index is 2.08. The summed E-state index contributed by atoms with van der Waals surface area (Å²) in [7, 11) is 0. The van der Waals surface area contributed by atoms with Crippen molar-refractivity contribution in [3.05, 3.63) is 17.0 Å². The maximum Gasteiger partial charge on any atom is 0.225 e. The number of hydrogen-bond acceptors (Lipinski definition) is 3. The first-order valence-corrected chi connectivity index (χ1v) is 6.74. The Morgan fingerprint density at radius 3 is 2.82 bits per heavy atom. The van der Waals surface area contributed by atoms with Crippen molar-refractivity contribution >= 4 is 11.6 Å². The van der Waals surface area contributed by atoms with Gasteiger partial charge in [0.05, 0.1) is 0 Å². The van der Waals surface area contributed by atoms with Crippen LogP contribution in [0.15, 0.2) is 6.07 Å². The number of aryl methyl sites for hydroxylation is 1. The topological polar surface area (TPSA) is 35.0 Å². The lowest BCUT2D eigenvalue weighted by Crippen LogP contribution is -2.30. The van der Waals surface area contributed by atoms with Crippen molar-refractivity contribution in [2.45, 2.75) is 52.1 Å². The van der Waals surface area contributed by atoms with Crippen molar-refractivity contribution in [2.75, 3.05) is 0 Å². The second kappa shape index (κ2) is 5.67. The summed E-state index contributed by atoms with van der Waals surface area (Å²) in [5.41, 5.74) is 0.851. The Labute approximate surface area is 108 Å². The highest BCUT2D eigenvalue weighted by molar-refractivity contribution is 6.28. The zero-order chi connectivity index (χ0) is 12.3. The smallest absolute Gasteiger partial charge is 0.225 e. The minimum Gasteiger partial charge on any atom is -0.474 e. The third kappa shape index (κ3) is 3.32. The fourth-order valence-electron chi connectivity index (χ4n) is 2.52. The maximum absolute atomic E-state index is 5.98. The zero-order valence-electron chi connectivity index (χ0n) is 10.4. The van der Waals surface area contributed by atoms with Crippen molar-refractivity contribution in [3.63, 3.8) is 0 Å². The van der Waals surface area contributed by atoms with Gasteiger partial charge in [-0.05, 0) is 50.1 Å². The first-order valence-electron chi connectivity index (χ1n) is 6.37. The summed E-state index contributed by atoms with van der Waals surface area (Å²) in [5.74, 6) is 1.27. The van der Waals surface area contributed by atoms with Crippen molar-refractivity contribution in [1.82, 2.24) is 9.97 Å². The molecular weight excluding hydrogens is 236 g/mol. The fourth-order valence-corrected chi connectivity index (χ4v) is 2.73. The van der Waals surface area contributed by atoms with Crippen LogP contribution >= 0.6 is 11.6 Å². The molecule has 0 spiro atoms. The zero-order valence-corrected chi connectivity index (χ0v) is 11.2. The van der Waals surface area contributed by atoms with Gasteiger partial charge in [0.15, 0.2) is 0 Å². The van der Waals surface area contributed by atoms with E-state index < -0.39 is 0 Å². The third-order valence-electron chi connectivity index (χ3n) is 3.44. The van der Waals surface area contributed by atoms with Gasteiger partial charge in [0.2, 0.25) is 11.2 Å². The van der Waals surface area contributed by atoms with Crippen LogP contribution in [-0.2, 0) is 0 Å². The van der Waals surface area contributed by atoms with Crippen LogP contribution in [0.25, 0.3) is 0 Å². The molecule has 1 heterocycles. The summed E-state index contributed by atoms with van der Waals surface area (Å²) in [4.78, 5) is 8.17. The van der Waals surface area contributed by atoms with Crippen molar-refractivity contribution in [3.8, 4) is 5.88 Å². The Morgan fingerprint density at radius 1 is 1.35 bits per heavy atom. The number of aromatic nitrogens is 2. The molecule has 94 valence electrons. The summed E-state index contributed by atoms with van der Waals surface area (Å²) in [6, 6.07) is 1.85. The predicted molar refractivity (Wildman–Crippen MR) is 68.4 cm³/mol. The highest BCUT2D eigenvalue weighted by atomic mass is 35.5. The number of rotatable bonds is 3. The van der Waals surface area contributed by atoms with E-state index in [9.17, 15) is 0 Å². The van der Waals surface area contributed by atoms with E-state index in [1.54, 1.807) is 0 Å². The summed E-state index contributed by atoms with van der Waals surface area (Å²) in [6.45, 7) is 4.13. The second-order valence-corrected chi connectivity index (χ2v) is 5.06. The summed E-state index contributed by atoms with van der Waals surface area (Å²) in [6.07, 6.45) is 6.42. The maximum atomic E-state index is 5.98. The van der Waals surface area contributed by atoms with E-state index in [0.717, 1.165) is 12.1 Å². The van der Waals surface area contributed by atoms with Crippen LogP contribution in [0.4, 0.5) is 0 Å². The fraction of sp³-hybridized carbons (Fsp3) is 0.692. The number of hydrogen-bond donors (Lipinski definition) is 0. The number of halogens is 1. The highest BCUT2D eigenvalue weighted by Crippen LogP contribution is 2.30. The molecule has 0 bridgehead atoms. The summed E-state index contributed by atoms with van der Waals surface area (Å²) < 4.78 is 5.98. The number of ether oxygens (including phenoxy) is 1. The van der Waals surface area contributed by atoms with Gasteiger partial charge in [-0.2, -0.15) is 4.98 Å². The van der Waals surface area contributed by atoms with Gasteiger partial charge in [-0.25, -0.2) is 4.98 Å². The molecule has 0 N–H and O–H groups in total. The molecule has 0 saturated heterocycles. The SMILES string of the molecule is CCC1CCCCC1Oc1cc(C)nc(Cl)n1. The highest BCUT2D eigenvalue weighted by Gasteiger charge is 2.25. The van der Waals surface area contributed by atoms with Gasteiger partial charge in [0, 0.05) is 11.8 Å². The van der Waals surface area contributed by atoms with Gasteiger partial charge < -0.3 is 4.74 Å². The molecule has 0 amide bonds. The summed E-state index contributed by atoms with van der Waals surface area (Å²) in [5, 5.41) is 0.267. The van der Waals surface area contributed by atoms with Crippen molar-refractivity contribution in [2.24, 2.45) is 5.92 Å². The minimum atomic E-state index is 0.267.